The van der Waals surface area contributed by atoms with Crippen molar-refractivity contribution in [2.24, 2.45) is 7.05 Å². The van der Waals surface area contributed by atoms with E-state index in [2.05, 4.69) is 0 Å². The van der Waals surface area contributed by atoms with E-state index < -0.39 is 5.60 Å². The normalized spacial score (nSPS) is 12.2. The van der Waals surface area contributed by atoms with Gasteiger partial charge in [-0.05, 0) is 40.3 Å². The van der Waals surface area contributed by atoms with Gasteiger partial charge in [-0.15, -0.1) is 0 Å². The third kappa shape index (κ3) is 4.18. The molecule has 0 atom stereocenters. The molecule has 0 spiro atoms. The van der Waals surface area contributed by atoms with Crippen LogP contribution >= 0.6 is 0 Å². The predicted molar refractivity (Wildman–Crippen MR) is 77.6 cm³/mol. The molecule has 1 heterocycles. The zero-order valence-corrected chi connectivity index (χ0v) is 12.9. The second-order valence-corrected chi connectivity index (χ2v) is 5.88. The van der Waals surface area contributed by atoms with E-state index >= 15 is 0 Å². The fourth-order valence-corrected chi connectivity index (χ4v) is 2.25. The summed E-state index contributed by atoms with van der Waals surface area (Å²) in [6, 6.07) is 1.94. The smallest absolute Gasteiger partial charge is 0.178 e. The lowest BCUT2D eigenvalue weighted by atomic mass is 10.1. The lowest BCUT2D eigenvalue weighted by Crippen LogP contribution is -2.41. The SMILES string of the molecule is CCN(CC(=O)c1cc(C)n(C)c1C)CC(C)(C)O. The van der Waals surface area contributed by atoms with Crippen LogP contribution in [0.1, 0.15) is 42.5 Å². The van der Waals surface area contributed by atoms with Crippen LogP contribution in [0.2, 0.25) is 0 Å². The highest BCUT2D eigenvalue weighted by molar-refractivity contribution is 5.99. The van der Waals surface area contributed by atoms with Gasteiger partial charge in [0.15, 0.2) is 5.78 Å². The maximum absolute atomic E-state index is 12.3. The van der Waals surface area contributed by atoms with Crippen molar-refractivity contribution in [3.05, 3.63) is 23.0 Å². The summed E-state index contributed by atoms with van der Waals surface area (Å²) in [7, 11) is 1.97. The molecule has 0 saturated heterocycles. The number of hydrogen-bond donors (Lipinski definition) is 1. The van der Waals surface area contributed by atoms with Gasteiger partial charge in [0.2, 0.25) is 0 Å². The highest BCUT2D eigenvalue weighted by Crippen LogP contribution is 2.15. The van der Waals surface area contributed by atoms with Crippen LogP contribution in [0.3, 0.4) is 0 Å². The van der Waals surface area contributed by atoms with Crippen molar-refractivity contribution in [2.45, 2.75) is 40.2 Å². The number of likely N-dealkylation sites (N-methyl/N-ethyl adjacent to an activating group) is 1. The largest absolute Gasteiger partial charge is 0.389 e. The Labute approximate surface area is 116 Å². The number of aryl methyl sites for hydroxylation is 1. The van der Waals surface area contributed by atoms with Crippen LogP contribution in [-0.4, -0.2) is 45.6 Å². The first-order chi connectivity index (χ1) is 8.65. The minimum absolute atomic E-state index is 0.118. The maximum Gasteiger partial charge on any atom is 0.178 e. The van der Waals surface area contributed by atoms with Crippen molar-refractivity contribution >= 4 is 5.78 Å². The molecule has 0 aromatic carbocycles. The number of hydrogen-bond acceptors (Lipinski definition) is 3. The summed E-state index contributed by atoms with van der Waals surface area (Å²) in [5.74, 6) is 0.118. The third-order valence-electron chi connectivity index (χ3n) is 3.50. The summed E-state index contributed by atoms with van der Waals surface area (Å²) in [5.41, 5.74) is 2.10. The molecule has 0 aliphatic carbocycles. The standard InChI is InChI=1S/C15H26N2O2/c1-7-17(10-15(4,5)19)9-14(18)13-8-11(2)16(6)12(13)3/h8,19H,7,9-10H2,1-6H3. The molecule has 1 aromatic rings. The van der Waals surface area contributed by atoms with E-state index in [4.69, 9.17) is 0 Å². The van der Waals surface area contributed by atoms with Gasteiger partial charge >= 0.3 is 0 Å². The highest BCUT2D eigenvalue weighted by Gasteiger charge is 2.21. The van der Waals surface area contributed by atoms with Crippen molar-refractivity contribution in [1.82, 2.24) is 9.47 Å². The van der Waals surface area contributed by atoms with E-state index in [9.17, 15) is 9.90 Å². The molecule has 0 radical (unpaired) electrons. The third-order valence-corrected chi connectivity index (χ3v) is 3.50. The molecule has 0 aliphatic rings. The number of rotatable bonds is 6. The number of Topliss-reactive ketones (excluding diaryl/α,β-unsaturated/α-hetero) is 1. The molecule has 19 heavy (non-hydrogen) atoms. The average molecular weight is 266 g/mol. The summed E-state index contributed by atoms with van der Waals surface area (Å²) < 4.78 is 2.03. The van der Waals surface area contributed by atoms with E-state index in [-0.39, 0.29) is 5.78 Å². The first-order valence-corrected chi connectivity index (χ1v) is 6.76. The molecule has 0 aliphatic heterocycles. The molecule has 108 valence electrons. The zero-order valence-electron chi connectivity index (χ0n) is 12.9. The topological polar surface area (TPSA) is 45.5 Å². The predicted octanol–water partition coefficient (Wildman–Crippen LogP) is 1.92. The van der Waals surface area contributed by atoms with Gasteiger partial charge in [0, 0.05) is 30.5 Å². The second kappa shape index (κ2) is 5.88. The minimum atomic E-state index is -0.780. The molecule has 4 heteroatoms. The summed E-state index contributed by atoms with van der Waals surface area (Å²) in [5, 5.41) is 9.85. The Morgan fingerprint density at radius 1 is 1.42 bits per heavy atom. The Morgan fingerprint density at radius 2 is 2.00 bits per heavy atom. The van der Waals surface area contributed by atoms with E-state index in [0.717, 1.165) is 23.5 Å². The molecular formula is C15H26N2O2. The van der Waals surface area contributed by atoms with Crippen molar-refractivity contribution in [3.8, 4) is 0 Å². The van der Waals surface area contributed by atoms with Crippen LogP contribution in [0.5, 0.6) is 0 Å². The number of nitrogens with zero attached hydrogens (tertiary/aromatic N) is 2. The molecule has 0 fully saturated rings. The molecule has 0 unspecified atom stereocenters. The van der Waals surface area contributed by atoms with Gasteiger partial charge in [0.25, 0.3) is 0 Å². The summed E-state index contributed by atoms with van der Waals surface area (Å²) >= 11 is 0. The molecule has 0 bridgehead atoms. The Hall–Kier alpha value is -1.13. The minimum Gasteiger partial charge on any atom is -0.389 e. The first-order valence-electron chi connectivity index (χ1n) is 6.76. The van der Waals surface area contributed by atoms with Gasteiger partial charge in [-0.3, -0.25) is 9.69 Å². The van der Waals surface area contributed by atoms with Crippen molar-refractivity contribution in [1.29, 1.82) is 0 Å². The van der Waals surface area contributed by atoms with Crippen LogP contribution in [0.25, 0.3) is 0 Å². The van der Waals surface area contributed by atoms with E-state index in [1.165, 1.54) is 0 Å². The van der Waals surface area contributed by atoms with Crippen LogP contribution in [-0.2, 0) is 7.05 Å². The fourth-order valence-electron chi connectivity index (χ4n) is 2.25. The monoisotopic (exact) mass is 266 g/mol. The first kappa shape index (κ1) is 15.9. The molecule has 0 saturated carbocycles. The molecule has 1 N–H and O–H groups in total. The van der Waals surface area contributed by atoms with Crippen molar-refractivity contribution in [3.63, 3.8) is 0 Å². The molecule has 0 amide bonds. The fraction of sp³-hybridized carbons (Fsp3) is 0.667. The molecule has 1 aromatic heterocycles. The van der Waals surface area contributed by atoms with Gasteiger partial charge in [0.1, 0.15) is 0 Å². The van der Waals surface area contributed by atoms with Crippen LogP contribution in [0.4, 0.5) is 0 Å². The van der Waals surface area contributed by atoms with E-state index in [1.807, 2.05) is 43.4 Å². The van der Waals surface area contributed by atoms with Gasteiger partial charge in [-0.25, -0.2) is 0 Å². The molecule has 4 nitrogen and oxygen atoms in total. The van der Waals surface area contributed by atoms with Gasteiger partial charge in [-0.1, -0.05) is 6.92 Å². The number of carbonyl (C=O) groups is 1. The number of ketones is 1. The number of aliphatic hydroxyl groups is 1. The Kier molecular flexibility index (Phi) is 4.93. The van der Waals surface area contributed by atoms with Gasteiger partial charge in [-0.2, -0.15) is 0 Å². The van der Waals surface area contributed by atoms with Gasteiger partial charge in [0.05, 0.1) is 12.1 Å². The second-order valence-electron chi connectivity index (χ2n) is 5.88. The summed E-state index contributed by atoms with van der Waals surface area (Å²) in [4.78, 5) is 14.3. The Balaban J connectivity index is 2.80. The van der Waals surface area contributed by atoms with Crippen LogP contribution in [0, 0.1) is 13.8 Å². The highest BCUT2D eigenvalue weighted by atomic mass is 16.3. The van der Waals surface area contributed by atoms with Crippen LogP contribution in [0.15, 0.2) is 6.07 Å². The summed E-state index contributed by atoms with van der Waals surface area (Å²) in [6.07, 6.45) is 0. The lowest BCUT2D eigenvalue weighted by molar-refractivity contribution is 0.0376. The van der Waals surface area contributed by atoms with Crippen LogP contribution < -0.4 is 0 Å². The maximum atomic E-state index is 12.3. The Bertz CT molecular complexity index is 455. The van der Waals surface area contributed by atoms with E-state index in [1.54, 1.807) is 13.8 Å². The number of aromatic nitrogens is 1. The Morgan fingerprint density at radius 3 is 2.37 bits per heavy atom. The van der Waals surface area contributed by atoms with Gasteiger partial charge < -0.3 is 9.67 Å². The van der Waals surface area contributed by atoms with Crippen molar-refractivity contribution < 1.29 is 9.90 Å². The molecule has 1 rings (SSSR count). The lowest BCUT2D eigenvalue weighted by Gasteiger charge is -2.27. The average Bonchev–Trinajstić information content (AvgIpc) is 2.54. The van der Waals surface area contributed by atoms with Crippen molar-refractivity contribution in [2.75, 3.05) is 19.6 Å². The summed E-state index contributed by atoms with van der Waals surface area (Å²) in [6.45, 7) is 11.1. The zero-order chi connectivity index (χ0) is 14.8. The van der Waals surface area contributed by atoms with E-state index in [0.29, 0.717) is 13.1 Å². The number of carbonyl (C=O) groups excluding carboxylic acids is 1. The molecular weight excluding hydrogens is 240 g/mol. The quantitative estimate of drug-likeness (QED) is 0.800.